The first kappa shape index (κ1) is 11.8. The molecule has 3 heteroatoms. The number of carbonyl (C=O) groups excluding carboxylic acids is 2. The van der Waals surface area contributed by atoms with E-state index in [1.54, 1.807) is 0 Å². The fourth-order valence-electron chi connectivity index (χ4n) is 3.65. The first-order valence-electron chi connectivity index (χ1n) is 6.99. The molecule has 0 radical (unpaired) electrons. The number of carbonyl (C=O) groups is 2. The molecule has 0 bridgehead atoms. The van der Waals surface area contributed by atoms with Gasteiger partial charge in [0.05, 0.1) is 0 Å². The van der Waals surface area contributed by atoms with Gasteiger partial charge in [-0.05, 0) is 48.2 Å². The lowest BCUT2D eigenvalue weighted by molar-refractivity contribution is -0.130. The van der Waals surface area contributed by atoms with E-state index in [9.17, 15) is 9.59 Å². The standard InChI is InChI=1S/C17H15NO2/c1-18-8-7-10-3-2-4-12-15(10)13(18)9-11-5-6-14(19)17(20)16(11)12/h2-6,13H,7-9H2,1H3/t13-/m1/s1. The fourth-order valence-corrected chi connectivity index (χ4v) is 3.65. The minimum absolute atomic E-state index is 0.333. The van der Waals surface area contributed by atoms with Gasteiger partial charge < -0.3 is 0 Å². The maximum atomic E-state index is 12.3. The Labute approximate surface area is 117 Å². The van der Waals surface area contributed by atoms with Gasteiger partial charge in [-0.3, -0.25) is 14.5 Å². The summed E-state index contributed by atoms with van der Waals surface area (Å²) in [5.41, 5.74) is 5.21. The molecular weight excluding hydrogens is 250 g/mol. The highest BCUT2D eigenvalue weighted by Crippen LogP contribution is 2.45. The van der Waals surface area contributed by atoms with Gasteiger partial charge in [-0.1, -0.05) is 24.3 Å². The van der Waals surface area contributed by atoms with Gasteiger partial charge in [-0.2, -0.15) is 0 Å². The number of nitrogens with zero attached hydrogens (tertiary/aromatic N) is 1. The van der Waals surface area contributed by atoms with Crippen molar-refractivity contribution in [2.75, 3.05) is 13.6 Å². The smallest absolute Gasteiger partial charge is 0.233 e. The van der Waals surface area contributed by atoms with Crippen LogP contribution in [0.1, 0.15) is 29.2 Å². The largest absolute Gasteiger partial charge is 0.299 e. The Bertz CT molecular complexity index is 712. The molecule has 0 N–H and O–H groups in total. The summed E-state index contributed by atoms with van der Waals surface area (Å²) in [5, 5.41) is 0. The third-order valence-electron chi connectivity index (χ3n) is 4.69. The molecule has 2 aliphatic carbocycles. The van der Waals surface area contributed by atoms with E-state index in [1.165, 1.54) is 17.2 Å². The molecule has 0 unspecified atom stereocenters. The summed E-state index contributed by atoms with van der Waals surface area (Å²) in [7, 11) is 2.13. The number of allylic oxidation sites excluding steroid dienone is 3. The van der Waals surface area contributed by atoms with Crippen LogP contribution in [-0.2, 0) is 16.0 Å². The molecule has 1 aromatic carbocycles. The maximum absolute atomic E-state index is 12.3. The molecule has 0 fully saturated rings. The minimum Gasteiger partial charge on any atom is -0.299 e. The van der Waals surface area contributed by atoms with Crippen molar-refractivity contribution in [2.24, 2.45) is 0 Å². The Morgan fingerprint density at radius 2 is 2.05 bits per heavy atom. The van der Waals surface area contributed by atoms with E-state index in [0.717, 1.165) is 30.5 Å². The molecular formula is C17H15NO2. The lowest BCUT2D eigenvalue weighted by Gasteiger charge is -2.40. The molecule has 20 heavy (non-hydrogen) atoms. The molecule has 3 nitrogen and oxygen atoms in total. The Kier molecular flexibility index (Phi) is 2.36. The zero-order valence-electron chi connectivity index (χ0n) is 11.3. The van der Waals surface area contributed by atoms with Gasteiger partial charge in [0.15, 0.2) is 0 Å². The number of fused-ring (bicyclic) bond motifs is 1. The fraction of sp³-hybridized carbons (Fsp3) is 0.294. The van der Waals surface area contributed by atoms with Crippen LogP contribution < -0.4 is 0 Å². The highest BCUT2D eigenvalue weighted by atomic mass is 16.2. The number of likely N-dealkylation sites (N-methyl/N-ethyl adjacent to an activating group) is 1. The quantitative estimate of drug-likeness (QED) is 0.532. The first-order valence-corrected chi connectivity index (χ1v) is 6.99. The average molecular weight is 265 g/mol. The predicted molar refractivity (Wildman–Crippen MR) is 76.2 cm³/mol. The summed E-state index contributed by atoms with van der Waals surface area (Å²) in [6.45, 7) is 1.04. The van der Waals surface area contributed by atoms with Crippen molar-refractivity contribution in [3.8, 4) is 0 Å². The summed E-state index contributed by atoms with van der Waals surface area (Å²) >= 11 is 0. The van der Waals surface area contributed by atoms with Crippen LogP contribution in [0.15, 0.2) is 35.9 Å². The van der Waals surface area contributed by atoms with Gasteiger partial charge >= 0.3 is 0 Å². The van der Waals surface area contributed by atoms with E-state index in [0.29, 0.717) is 11.6 Å². The molecule has 3 aliphatic rings. The number of ketones is 2. The number of hydrogen-bond donors (Lipinski definition) is 0. The van der Waals surface area contributed by atoms with Crippen molar-refractivity contribution < 1.29 is 9.59 Å². The van der Waals surface area contributed by atoms with Crippen molar-refractivity contribution in [3.63, 3.8) is 0 Å². The SMILES string of the molecule is CN1CCc2cccc3c2[C@H]1CC1=C3C(=O)C(=O)C=C1. The molecule has 0 spiro atoms. The Morgan fingerprint density at radius 1 is 1.20 bits per heavy atom. The van der Waals surface area contributed by atoms with Gasteiger partial charge in [0.25, 0.3) is 0 Å². The topological polar surface area (TPSA) is 37.4 Å². The second-order valence-electron chi connectivity index (χ2n) is 5.76. The lowest BCUT2D eigenvalue weighted by Crippen LogP contribution is -2.36. The van der Waals surface area contributed by atoms with Gasteiger partial charge in [-0.25, -0.2) is 0 Å². The molecule has 1 aromatic rings. The second kappa shape index (κ2) is 4.00. The molecule has 100 valence electrons. The van der Waals surface area contributed by atoms with Crippen LogP contribution in [0.25, 0.3) is 5.57 Å². The summed E-state index contributed by atoms with van der Waals surface area (Å²) in [5.74, 6) is -0.744. The number of benzene rings is 1. The van der Waals surface area contributed by atoms with E-state index >= 15 is 0 Å². The van der Waals surface area contributed by atoms with Gasteiger partial charge in [0, 0.05) is 18.2 Å². The molecule has 1 atom stereocenters. The van der Waals surface area contributed by atoms with Crippen LogP contribution in [-0.4, -0.2) is 30.1 Å². The number of Topliss-reactive ketones (excluding diaryl/α,β-unsaturated/α-hetero) is 1. The highest BCUT2D eigenvalue weighted by Gasteiger charge is 2.37. The normalized spacial score (nSPS) is 24.8. The molecule has 0 saturated heterocycles. The third-order valence-corrected chi connectivity index (χ3v) is 4.69. The molecule has 0 amide bonds. The lowest BCUT2D eigenvalue weighted by atomic mass is 9.74. The van der Waals surface area contributed by atoms with Gasteiger partial charge in [-0.15, -0.1) is 0 Å². The zero-order chi connectivity index (χ0) is 13.9. The maximum Gasteiger partial charge on any atom is 0.233 e. The minimum atomic E-state index is -0.399. The van der Waals surface area contributed by atoms with Crippen molar-refractivity contribution in [1.82, 2.24) is 4.90 Å². The first-order chi connectivity index (χ1) is 9.66. The van der Waals surface area contributed by atoms with Crippen molar-refractivity contribution in [3.05, 3.63) is 52.6 Å². The van der Waals surface area contributed by atoms with E-state index in [1.807, 2.05) is 18.2 Å². The van der Waals surface area contributed by atoms with E-state index in [4.69, 9.17) is 0 Å². The average Bonchev–Trinajstić information content (AvgIpc) is 2.46. The molecule has 1 aliphatic heterocycles. The molecule has 0 aromatic heterocycles. The van der Waals surface area contributed by atoms with Gasteiger partial charge in [0.2, 0.25) is 11.6 Å². The van der Waals surface area contributed by atoms with Gasteiger partial charge in [0.1, 0.15) is 0 Å². The molecule has 4 rings (SSSR count). The Morgan fingerprint density at radius 3 is 2.90 bits per heavy atom. The Hall–Kier alpha value is -2.00. The molecule has 1 heterocycles. The number of hydrogen-bond acceptors (Lipinski definition) is 3. The van der Waals surface area contributed by atoms with Crippen LogP contribution in [0.4, 0.5) is 0 Å². The van der Waals surface area contributed by atoms with Crippen molar-refractivity contribution in [1.29, 1.82) is 0 Å². The van der Waals surface area contributed by atoms with Crippen LogP contribution in [0, 0.1) is 0 Å². The van der Waals surface area contributed by atoms with E-state index in [-0.39, 0.29) is 5.78 Å². The number of rotatable bonds is 0. The summed E-state index contributed by atoms with van der Waals surface area (Å²) < 4.78 is 0. The van der Waals surface area contributed by atoms with E-state index < -0.39 is 5.78 Å². The second-order valence-corrected chi connectivity index (χ2v) is 5.76. The summed E-state index contributed by atoms with van der Waals surface area (Å²) in [4.78, 5) is 26.3. The highest BCUT2D eigenvalue weighted by molar-refractivity contribution is 6.58. The van der Waals surface area contributed by atoms with Crippen LogP contribution in [0.3, 0.4) is 0 Å². The predicted octanol–water partition coefficient (Wildman–Crippen LogP) is 2.08. The van der Waals surface area contributed by atoms with Crippen molar-refractivity contribution in [2.45, 2.75) is 18.9 Å². The van der Waals surface area contributed by atoms with Crippen LogP contribution >= 0.6 is 0 Å². The monoisotopic (exact) mass is 265 g/mol. The van der Waals surface area contributed by atoms with E-state index in [2.05, 4.69) is 18.0 Å². The molecule has 0 saturated carbocycles. The van der Waals surface area contributed by atoms with Crippen LogP contribution in [0.5, 0.6) is 0 Å². The van der Waals surface area contributed by atoms with Crippen molar-refractivity contribution >= 4 is 17.1 Å². The summed E-state index contributed by atoms with van der Waals surface area (Å²) in [6.07, 6.45) is 5.08. The van der Waals surface area contributed by atoms with Crippen LogP contribution in [0.2, 0.25) is 0 Å². The third kappa shape index (κ3) is 1.44. The Balaban J connectivity index is 2.00. The summed E-state index contributed by atoms with van der Waals surface area (Å²) in [6, 6.07) is 6.47. The zero-order valence-corrected chi connectivity index (χ0v) is 11.3.